The summed E-state index contributed by atoms with van der Waals surface area (Å²) in [7, 11) is 0. The number of nitrogens with zero attached hydrogens (tertiary/aromatic N) is 2. The molecule has 0 bridgehead atoms. The van der Waals surface area contributed by atoms with Gasteiger partial charge in [0.1, 0.15) is 5.69 Å². The lowest BCUT2D eigenvalue weighted by Gasteiger charge is -2.08. The fourth-order valence-corrected chi connectivity index (χ4v) is 1.50. The predicted octanol–water partition coefficient (Wildman–Crippen LogP) is 1.18. The maximum absolute atomic E-state index is 11.7. The molecule has 1 aliphatic heterocycles. The zero-order valence-corrected chi connectivity index (χ0v) is 9.94. The van der Waals surface area contributed by atoms with E-state index in [4.69, 9.17) is 0 Å². The molecule has 2 rings (SSSR count). The molecule has 0 saturated heterocycles. The molecule has 1 atom stereocenters. The van der Waals surface area contributed by atoms with Crippen LogP contribution in [0.1, 0.15) is 32.4 Å². The number of rotatable bonds is 2. The first kappa shape index (κ1) is 11.5. The van der Waals surface area contributed by atoms with Crippen LogP contribution < -0.4 is 10.9 Å². The summed E-state index contributed by atoms with van der Waals surface area (Å²) in [5.41, 5.74) is 0.613. The lowest BCUT2D eigenvalue weighted by Crippen LogP contribution is -2.22. The number of fused-ring (bicyclic) bond motifs is 1. The van der Waals surface area contributed by atoms with E-state index < -0.39 is 0 Å². The van der Waals surface area contributed by atoms with Crippen LogP contribution in [0.25, 0.3) is 0 Å². The van der Waals surface area contributed by atoms with Gasteiger partial charge in [-0.25, -0.2) is 4.98 Å². The molecule has 0 spiro atoms. The maximum atomic E-state index is 11.7. The first-order chi connectivity index (χ1) is 7.99. The molecule has 2 N–H and O–H groups in total. The van der Waals surface area contributed by atoms with Gasteiger partial charge in [0, 0.05) is 18.1 Å². The van der Waals surface area contributed by atoms with Crippen LogP contribution in [0.2, 0.25) is 0 Å². The van der Waals surface area contributed by atoms with Gasteiger partial charge in [-0.1, -0.05) is 20.8 Å². The second kappa shape index (κ2) is 4.12. The number of nitrogens with one attached hydrogen (secondary N) is 2. The zero-order chi connectivity index (χ0) is 12.6. The van der Waals surface area contributed by atoms with Crippen molar-refractivity contribution in [3.8, 4) is 0 Å². The number of amides is 1. The summed E-state index contributed by atoms with van der Waals surface area (Å²) in [6.07, 6.45) is 1.67. The summed E-state index contributed by atoms with van der Waals surface area (Å²) in [5.74, 6) is -0.159. The molecule has 1 amide bonds. The van der Waals surface area contributed by atoms with Crippen LogP contribution in [0.5, 0.6) is 0 Å². The molecule has 1 aromatic rings. The van der Waals surface area contributed by atoms with E-state index in [0.29, 0.717) is 11.4 Å². The van der Waals surface area contributed by atoms with Crippen LogP contribution in [0.4, 0.5) is 11.6 Å². The van der Waals surface area contributed by atoms with E-state index in [2.05, 4.69) is 20.3 Å². The van der Waals surface area contributed by atoms with Crippen molar-refractivity contribution >= 4 is 23.8 Å². The fraction of sp³-hybridized carbons (Fsp3) is 0.455. The number of aliphatic imine (C=N–C) groups is 1. The van der Waals surface area contributed by atoms with Crippen molar-refractivity contribution in [2.75, 3.05) is 5.32 Å². The van der Waals surface area contributed by atoms with Crippen LogP contribution in [-0.4, -0.2) is 22.1 Å². The minimum atomic E-state index is -0.324. The van der Waals surface area contributed by atoms with Gasteiger partial charge in [-0.15, -0.1) is 0 Å². The van der Waals surface area contributed by atoms with Gasteiger partial charge >= 0.3 is 0 Å². The summed E-state index contributed by atoms with van der Waals surface area (Å²) >= 11 is 0. The van der Waals surface area contributed by atoms with Gasteiger partial charge in [-0.2, -0.15) is 0 Å². The summed E-state index contributed by atoms with van der Waals surface area (Å²) in [5, 5.41) is 2.57. The molecule has 2 heterocycles. The van der Waals surface area contributed by atoms with E-state index in [1.54, 1.807) is 20.1 Å². The van der Waals surface area contributed by atoms with Gasteiger partial charge in [0.05, 0.1) is 5.69 Å². The SMILES string of the molecule is CC(C)C(=O)Nc1nc2c(c(=O)[nH]1)N=CC2C. The third kappa shape index (κ3) is 2.11. The Balaban J connectivity index is 2.34. The smallest absolute Gasteiger partial charge is 0.278 e. The largest absolute Gasteiger partial charge is 0.296 e. The topological polar surface area (TPSA) is 87.2 Å². The number of H-pyrrole nitrogens is 1. The highest BCUT2D eigenvalue weighted by atomic mass is 16.2. The lowest BCUT2D eigenvalue weighted by molar-refractivity contribution is -0.118. The standard InChI is InChI=1S/C11H14N4O2/c1-5(2)9(16)14-11-13-7-6(3)4-12-8(7)10(17)15-11/h4-6H,1-3H3,(H2,13,14,15,16,17). The van der Waals surface area contributed by atoms with Gasteiger partial charge in [0.2, 0.25) is 11.9 Å². The van der Waals surface area contributed by atoms with Crippen LogP contribution in [0.15, 0.2) is 9.79 Å². The molecular weight excluding hydrogens is 220 g/mol. The van der Waals surface area contributed by atoms with Crippen molar-refractivity contribution in [2.45, 2.75) is 26.7 Å². The molecule has 0 fully saturated rings. The Labute approximate surface area is 98.2 Å². The van der Waals surface area contributed by atoms with Gasteiger partial charge in [-0.05, 0) is 0 Å². The Kier molecular flexibility index (Phi) is 2.79. The molecule has 6 heteroatoms. The molecule has 0 aromatic carbocycles. The fourth-order valence-electron chi connectivity index (χ4n) is 1.50. The van der Waals surface area contributed by atoms with Crippen LogP contribution in [-0.2, 0) is 4.79 Å². The second-order valence-electron chi connectivity index (χ2n) is 4.36. The molecule has 1 aliphatic rings. The van der Waals surface area contributed by atoms with Crippen molar-refractivity contribution in [3.63, 3.8) is 0 Å². The average Bonchev–Trinajstić information content (AvgIpc) is 2.61. The molecule has 0 radical (unpaired) electrons. The van der Waals surface area contributed by atoms with Gasteiger partial charge in [0.25, 0.3) is 5.56 Å². The van der Waals surface area contributed by atoms with Gasteiger partial charge in [-0.3, -0.25) is 24.9 Å². The van der Waals surface area contributed by atoms with Crippen molar-refractivity contribution < 1.29 is 4.79 Å². The first-order valence-corrected chi connectivity index (χ1v) is 5.48. The van der Waals surface area contributed by atoms with E-state index in [9.17, 15) is 9.59 Å². The van der Waals surface area contributed by atoms with Crippen LogP contribution in [0.3, 0.4) is 0 Å². The van der Waals surface area contributed by atoms with Crippen LogP contribution in [0, 0.1) is 5.92 Å². The highest BCUT2D eigenvalue weighted by Gasteiger charge is 2.21. The number of hydrogen-bond acceptors (Lipinski definition) is 4. The minimum absolute atomic E-state index is 0.00185. The molecular formula is C11H14N4O2. The van der Waals surface area contributed by atoms with E-state index in [1.165, 1.54) is 0 Å². The Morgan fingerprint density at radius 1 is 1.53 bits per heavy atom. The number of carbonyl (C=O) groups is 1. The molecule has 0 saturated carbocycles. The number of hydrogen-bond donors (Lipinski definition) is 2. The third-order valence-electron chi connectivity index (χ3n) is 2.55. The van der Waals surface area contributed by atoms with Gasteiger partial charge < -0.3 is 0 Å². The summed E-state index contributed by atoms with van der Waals surface area (Å²) < 4.78 is 0. The van der Waals surface area contributed by atoms with Crippen molar-refractivity contribution in [2.24, 2.45) is 10.9 Å². The lowest BCUT2D eigenvalue weighted by atomic mass is 10.1. The second-order valence-corrected chi connectivity index (χ2v) is 4.36. The summed E-state index contributed by atoms with van der Waals surface area (Å²) in [6.45, 7) is 5.44. The van der Waals surface area contributed by atoms with E-state index in [1.807, 2.05) is 6.92 Å². The average molecular weight is 234 g/mol. The third-order valence-corrected chi connectivity index (χ3v) is 2.55. The van der Waals surface area contributed by atoms with E-state index >= 15 is 0 Å². The van der Waals surface area contributed by atoms with Crippen molar-refractivity contribution in [3.05, 3.63) is 16.0 Å². The zero-order valence-electron chi connectivity index (χ0n) is 9.94. The monoisotopic (exact) mass is 234 g/mol. The van der Waals surface area contributed by atoms with E-state index in [-0.39, 0.29) is 29.3 Å². The summed E-state index contributed by atoms with van der Waals surface area (Å²) in [4.78, 5) is 33.9. The Morgan fingerprint density at radius 3 is 2.88 bits per heavy atom. The first-order valence-electron chi connectivity index (χ1n) is 5.48. The number of aromatic nitrogens is 2. The molecule has 1 unspecified atom stereocenters. The van der Waals surface area contributed by atoms with E-state index in [0.717, 1.165) is 0 Å². The Morgan fingerprint density at radius 2 is 2.24 bits per heavy atom. The molecule has 17 heavy (non-hydrogen) atoms. The highest BCUT2D eigenvalue weighted by molar-refractivity contribution is 5.90. The normalized spacial score (nSPS) is 17.3. The van der Waals surface area contributed by atoms with Crippen LogP contribution >= 0.6 is 0 Å². The molecule has 0 aliphatic carbocycles. The highest BCUT2D eigenvalue weighted by Crippen LogP contribution is 2.26. The van der Waals surface area contributed by atoms with Crippen molar-refractivity contribution in [1.82, 2.24) is 9.97 Å². The molecule has 90 valence electrons. The Hall–Kier alpha value is -1.98. The molecule has 1 aromatic heterocycles. The summed E-state index contributed by atoms with van der Waals surface area (Å²) in [6, 6.07) is 0. The maximum Gasteiger partial charge on any atom is 0.278 e. The Bertz CT molecular complexity index is 545. The number of carbonyl (C=O) groups excluding carboxylic acids is 1. The van der Waals surface area contributed by atoms with Crippen molar-refractivity contribution in [1.29, 1.82) is 0 Å². The minimum Gasteiger partial charge on any atom is -0.296 e. The predicted molar refractivity (Wildman–Crippen MR) is 64.9 cm³/mol. The van der Waals surface area contributed by atoms with Gasteiger partial charge in [0.15, 0.2) is 0 Å². The molecule has 6 nitrogen and oxygen atoms in total. The quantitative estimate of drug-likeness (QED) is 0.805. The number of anilines is 1. The number of aromatic amines is 1.